The van der Waals surface area contributed by atoms with Gasteiger partial charge < -0.3 is 9.64 Å². The average molecular weight is 333 g/mol. The molecule has 1 saturated heterocycles. The van der Waals surface area contributed by atoms with E-state index < -0.39 is 6.10 Å². The van der Waals surface area contributed by atoms with Crippen molar-refractivity contribution in [1.29, 1.82) is 0 Å². The summed E-state index contributed by atoms with van der Waals surface area (Å²) < 4.78 is 7.66. The highest BCUT2D eigenvalue weighted by molar-refractivity contribution is 6.30. The minimum absolute atomic E-state index is 0.0436. The highest BCUT2D eigenvalue weighted by Crippen LogP contribution is 2.32. The highest BCUT2D eigenvalue weighted by atomic mass is 35.5. The van der Waals surface area contributed by atoms with Crippen molar-refractivity contribution in [2.24, 2.45) is 0 Å². The molecule has 3 heterocycles. The zero-order chi connectivity index (χ0) is 15.8. The summed E-state index contributed by atoms with van der Waals surface area (Å²) in [5.41, 5.74) is 1.00. The Kier molecular flexibility index (Phi) is 3.69. The van der Waals surface area contributed by atoms with Gasteiger partial charge in [-0.05, 0) is 36.6 Å². The molecule has 6 nitrogen and oxygen atoms in total. The number of piperidine rings is 1. The summed E-state index contributed by atoms with van der Waals surface area (Å²) >= 11 is 6.01. The largest absolute Gasteiger partial charge is 0.480 e. The zero-order valence-electron chi connectivity index (χ0n) is 12.6. The molecule has 2 aliphatic heterocycles. The molecule has 2 atom stereocenters. The van der Waals surface area contributed by atoms with Gasteiger partial charge in [0.25, 0.3) is 5.91 Å². The van der Waals surface area contributed by atoms with E-state index in [1.807, 2.05) is 21.7 Å². The van der Waals surface area contributed by atoms with E-state index in [0.717, 1.165) is 30.7 Å². The minimum atomic E-state index is -0.446. The molecule has 1 aromatic carbocycles. The van der Waals surface area contributed by atoms with Crippen molar-refractivity contribution in [1.82, 2.24) is 19.7 Å². The van der Waals surface area contributed by atoms with Gasteiger partial charge in [-0.25, -0.2) is 9.67 Å². The molecule has 120 valence electrons. The third kappa shape index (κ3) is 2.79. The maximum absolute atomic E-state index is 12.8. The number of halogens is 1. The third-order valence-corrected chi connectivity index (χ3v) is 4.73. The number of fused-ring (bicyclic) bond motifs is 1. The van der Waals surface area contributed by atoms with Crippen LogP contribution in [0.3, 0.4) is 0 Å². The smallest absolute Gasteiger partial charge is 0.264 e. The van der Waals surface area contributed by atoms with Gasteiger partial charge >= 0.3 is 0 Å². The molecule has 0 radical (unpaired) electrons. The Morgan fingerprint density at radius 2 is 2.30 bits per heavy atom. The summed E-state index contributed by atoms with van der Waals surface area (Å²) in [5.74, 6) is 0.805. The Bertz CT molecular complexity index is 719. The van der Waals surface area contributed by atoms with E-state index >= 15 is 0 Å². The van der Waals surface area contributed by atoms with Crippen LogP contribution in [0.5, 0.6) is 5.75 Å². The number of rotatable bonds is 2. The number of nitrogens with zero attached hydrogens (tertiary/aromatic N) is 4. The molecule has 0 saturated carbocycles. The molecule has 0 unspecified atom stereocenters. The topological polar surface area (TPSA) is 60.2 Å². The second-order valence-corrected chi connectivity index (χ2v) is 6.45. The second-order valence-electron chi connectivity index (χ2n) is 6.02. The first-order valence-corrected chi connectivity index (χ1v) is 8.16. The van der Waals surface area contributed by atoms with Gasteiger partial charge in [0.05, 0.1) is 6.04 Å². The number of hydrogen-bond donors (Lipinski definition) is 0. The molecule has 2 aromatic rings. The summed E-state index contributed by atoms with van der Waals surface area (Å²) in [6.07, 6.45) is 5.34. The van der Waals surface area contributed by atoms with E-state index in [1.54, 1.807) is 12.4 Å². The first-order valence-electron chi connectivity index (χ1n) is 7.78. The lowest BCUT2D eigenvalue weighted by molar-refractivity contribution is -0.139. The lowest BCUT2D eigenvalue weighted by Crippen LogP contribution is -2.46. The number of amides is 1. The van der Waals surface area contributed by atoms with Gasteiger partial charge in [0.2, 0.25) is 0 Å². The van der Waals surface area contributed by atoms with Crippen LogP contribution in [0.1, 0.15) is 24.4 Å². The van der Waals surface area contributed by atoms with Crippen molar-refractivity contribution >= 4 is 17.5 Å². The van der Waals surface area contributed by atoms with Crippen LogP contribution in [0.25, 0.3) is 0 Å². The standard InChI is InChI=1S/C16H17ClN4O2/c17-12-3-4-14-11(6-12)7-15(23-14)16(22)20-5-1-2-13(8-20)21-10-18-9-19-21/h3-4,6,9-10,13,15H,1-2,5,7-8H2/t13-,15-/m0/s1. The van der Waals surface area contributed by atoms with Gasteiger partial charge in [0, 0.05) is 24.5 Å². The summed E-state index contributed by atoms with van der Waals surface area (Å²) in [6.45, 7) is 1.42. The number of ether oxygens (including phenoxy) is 1. The lowest BCUT2D eigenvalue weighted by atomic mass is 10.0. The monoisotopic (exact) mass is 332 g/mol. The van der Waals surface area contributed by atoms with Crippen LogP contribution in [-0.4, -0.2) is 44.8 Å². The predicted octanol–water partition coefficient (Wildman–Crippen LogP) is 2.10. The molecule has 1 aromatic heterocycles. The number of aromatic nitrogens is 3. The zero-order valence-corrected chi connectivity index (χ0v) is 13.3. The molecule has 7 heteroatoms. The van der Waals surface area contributed by atoms with Crippen LogP contribution in [-0.2, 0) is 11.2 Å². The van der Waals surface area contributed by atoms with Crippen LogP contribution in [0, 0.1) is 0 Å². The molecular weight excluding hydrogens is 316 g/mol. The maximum atomic E-state index is 12.8. The van der Waals surface area contributed by atoms with E-state index in [4.69, 9.17) is 16.3 Å². The summed E-state index contributed by atoms with van der Waals surface area (Å²) in [7, 11) is 0. The summed E-state index contributed by atoms with van der Waals surface area (Å²) in [6, 6.07) is 5.68. The molecule has 0 spiro atoms. The van der Waals surface area contributed by atoms with Crippen molar-refractivity contribution < 1.29 is 9.53 Å². The fourth-order valence-electron chi connectivity index (χ4n) is 3.34. The number of hydrogen-bond acceptors (Lipinski definition) is 4. The number of carbonyl (C=O) groups excluding carboxylic acids is 1. The second kappa shape index (κ2) is 5.85. The summed E-state index contributed by atoms with van der Waals surface area (Å²) in [5, 5.41) is 4.87. The normalized spacial score (nSPS) is 23.4. The van der Waals surface area contributed by atoms with Gasteiger partial charge in [-0.1, -0.05) is 11.6 Å². The van der Waals surface area contributed by atoms with Gasteiger partial charge in [-0.3, -0.25) is 4.79 Å². The molecule has 1 fully saturated rings. The number of carbonyl (C=O) groups is 1. The van der Waals surface area contributed by atoms with E-state index in [9.17, 15) is 4.79 Å². The van der Waals surface area contributed by atoms with Crippen LogP contribution >= 0.6 is 11.6 Å². The lowest BCUT2D eigenvalue weighted by Gasteiger charge is -2.33. The van der Waals surface area contributed by atoms with Gasteiger partial charge in [-0.15, -0.1) is 0 Å². The Labute approximate surface area is 139 Å². The Morgan fingerprint density at radius 3 is 3.13 bits per heavy atom. The van der Waals surface area contributed by atoms with Crippen molar-refractivity contribution in [2.45, 2.75) is 31.4 Å². The van der Waals surface area contributed by atoms with Crippen molar-refractivity contribution in [3.63, 3.8) is 0 Å². The van der Waals surface area contributed by atoms with Crippen molar-refractivity contribution in [2.75, 3.05) is 13.1 Å². The van der Waals surface area contributed by atoms with E-state index in [0.29, 0.717) is 18.0 Å². The first-order chi connectivity index (χ1) is 11.2. The van der Waals surface area contributed by atoms with E-state index in [2.05, 4.69) is 10.1 Å². The van der Waals surface area contributed by atoms with Gasteiger partial charge in [-0.2, -0.15) is 5.10 Å². The van der Waals surface area contributed by atoms with Crippen molar-refractivity contribution in [3.8, 4) is 5.75 Å². The van der Waals surface area contributed by atoms with Gasteiger partial charge in [0.1, 0.15) is 18.4 Å². The Morgan fingerprint density at radius 1 is 1.39 bits per heavy atom. The van der Waals surface area contributed by atoms with Gasteiger partial charge in [0.15, 0.2) is 6.10 Å². The SMILES string of the molecule is O=C([C@@H]1Cc2cc(Cl)ccc2O1)N1CCC[C@H](n2cncn2)C1. The minimum Gasteiger partial charge on any atom is -0.480 e. The fraction of sp³-hybridized carbons (Fsp3) is 0.438. The number of likely N-dealkylation sites (tertiary alicyclic amines) is 1. The molecule has 0 N–H and O–H groups in total. The van der Waals surface area contributed by atoms with Crippen LogP contribution in [0.4, 0.5) is 0 Å². The quantitative estimate of drug-likeness (QED) is 0.845. The van der Waals surface area contributed by atoms with Crippen LogP contribution in [0.2, 0.25) is 5.02 Å². The predicted molar refractivity (Wildman–Crippen MR) is 84.4 cm³/mol. The molecule has 1 amide bonds. The Balaban J connectivity index is 1.45. The molecule has 0 bridgehead atoms. The average Bonchev–Trinajstić information content (AvgIpc) is 3.23. The van der Waals surface area contributed by atoms with Crippen LogP contribution < -0.4 is 4.74 Å². The molecule has 4 rings (SSSR count). The fourth-order valence-corrected chi connectivity index (χ4v) is 3.53. The first kappa shape index (κ1) is 14.5. The number of benzene rings is 1. The molecule has 23 heavy (non-hydrogen) atoms. The van der Waals surface area contributed by atoms with E-state index in [1.165, 1.54) is 6.33 Å². The molecular formula is C16H17ClN4O2. The highest BCUT2D eigenvalue weighted by Gasteiger charge is 2.35. The summed E-state index contributed by atoms with van der Waals surface area (Å²) in [4.78, 5) is 18.7. The molecule has 0 aliphatic carbocycles. The third-order valence-electron chi connectivity index (χ3n) is 4.49. The maximum Gasteiger partial charge on any atom is 0.264 e. The van der Waals surface area contributed by atoms with E-state index in [-0.39, 0.29) is 11.9 Å². The molecule has 2 aliphatic rings. The van der Waals surface area contributed by atoms with Crippen LogP contribution in [0.15, 0.2) is 30.9 Å². The Hall–Kier alpha value is -2.08. The van der Waals surface area contributed by atoms with Crippen molar-refractivity contribution in [3.05, 3.63) is 41.4 Å².